The van der Waals surface area contributed by atoms with Crippen molar-refractivity contribution < 1.29 is 4.74 Å². The van der Waals surface area contributed by atoms with E-state index in [1.165, 1.54) is 0 Å². The minimum absolute atomic E-state index is 0.695. The third-order valence-electron chi connectivity index (χ3n) is 2.91. The lowest BCUT2D eigenvalue weighted by Crippen LogP contribution is -1.96. The van der Waals surface area contributed by atoms with Gasteiger partial charge in [0.15, 0.2) is 4.77 Å². The van der Waals surface area contributed by atoms with Gasteiger partial charge in [-0.2, -0.15) is 11.3 Å². The maximum atomic E-state index is 5.77. The molecule has 0 radical (unpaired) electrons. The first kappa shape index (κ1) is 12.4. The average molecular weight is 290 g/mol. The van der Waals surface area contributed by atoms with Gasteiger partial charge in [-0.15, -0.1) is 0 Å². The fraction of sp³-hybridized carbons (Fsp3) is 0.214. The second kappa shape index (κ2) is 5.19. The highest BCUT2D eigenvalue weighted by atomic mass is 32.1. The van der Waals surface area contributed by atoms with E-state index < -0.39 is 0 Å². The number of imidazole rings is 1. The fourth-order valence-electron chi connectivity index (χ4n) is 2.08. The summed E-state index contributed by atoms with van der Waals surface area (Å²) in [7, 11) is 0. The van der Waals surface area contributed by atoms with Gasteiger partial charge in [0.1, 0.15) is 11.3 Å². The number of benzene rings is 1. The predicted molar refractivity (Wildman–Crippen MR) is 82.1 cm³/mol. The SMILES string of the molecule is CCCOc1cccc2c1[nH]c(=S)n2-c1ccsc1. The smallest absolute Gasteiger partial charge is 0.182 e. The molecule has 5 heteroatoms. The Bertz CT molecular complexity index is 740. The molecule has 0 fully saturated rings. The van der Waals surface area contributed by atoms with Crippen molar-refractivity contribution in [3.8, 4) is 11.4 Å². The molecular formula is C14H14N2OS2. The van der Waals surface area contributed by atoms with Gasteiger partial charge in [-0.25, -0.2) is 0 Å². The summed E-state index contributed by atoms with van der Waals surface area (Å²) in [6.45, 7) is 2.81. The molecule has 1 N–H and O–H groups in total. The Balaban J connectivity index is 2.20. The van der Waals surface area contributed by atoms with Crippen LogP contribution >= 0.6 is 23.6 Å². The van der Waals surface area contributed by atoms with E-state index in [2.05, 4.69) is 29.4 Å². The normalized spacial score (nSPS) is 11.0. The summed E-state index contributed by atoms with van der Waals surface area (Å²) in [4.78, 5) is 3.25. The predicted octanol–water partition coefficient (Wildman–Crippen LogP) is 4.54. The Morgan fingerprint density at radius 2 is 2.26 bits per heavy atom. The topological polar surface area (TPSA) is 29.9 Å². The van der Waals surface area contributed by atoms with Gasteiger partial charge in [0.25, 0.3) is 0 Å². The number of fused-ring (bicyclic) bond motifs is 1. The molecule has 3 nitrogen and oxygen atoms in total. The third-order valence-corrected chi connectivity index (χ3v) is 3.86. The lowest BCUT2D eigenvalue weighted by atomic mass is 10.3. The largest absolute Gasteiger partial charge is 0.491 e. The van der Waals surface area contributed by atoms with Crippen molar-refractivity contribution in [3.05, 3.63) is 39.8 Å². The zero-order valence-electron chi connectivity index (χ0n) is 10.6. The average Bonchev–Trinajstić information content (AvgIpc) is 3.02. The van der Waals surface area contributed by atoms with Crippen molar-refractivity contribution in [1.82, 2.24) is 9.55 Å². The molecule has 0 aliphatic rings. The minimum Gasteiger partial charge on any atom is -0.491 e. The number of para-hydroxylation sites is 1. The molecule has 0 saturated carbocycles. The number of nitrogens with zero attached hydrogens (tertiary/aromatic N) is 1. The number of nitrogens with one attached hydrogen (secondary N) is 1. The van der Waals surface area contributed by atoms with Crippen LogP contribution < -0.4 is 4.74 Å². The molecule has 3 rings (SSSR count). The fourth-order valence-corrected chi connectivity index (χ4v) is 3.00. The first-order valence-electron chi connectivity index (χ1n) is 6.20. The van der Waals surface area contributed by atoms with Gasteiger partial charge in [0, 0.05) is 5.38 Å². The van der Waals surface area contributed by atoms with Crippen molar-refractivity contribution in [2.45, 2.75) is 13.3 Å². The molecule has 0 amide bonds. The van der Waals surface area contributed by atoms with Gasteiger partial charge in [-0.1, -0.05) is 13.0 Å². The van der Waals surface area contributed by atoms with Gasteiger partial charge >= 0.3 is 0 Å². The van der Waals surface area contributed by atoms with E-state index in [0.29, 0.717) is 11.4 Å². The van der Waals surface area contributed by atoms with Gasteiger partial charge in [-0.3, -0.25) is 4.57 Å². The zero-order valence-corrected chi connectivity index (χ0v) is 12.2. The third kappa shape index (κ3) is 2.19. The van der Waals surface area contributed by atoms with Crippen molar-refractivity contribution in [3.63, 3.8) is 0 Å². The van der Waals surface area contributed by atoms with E-state index in [0.717, 1.165) is 28.9 Å². The van der Waals surface area contributed by atoms with Crippen LogP contribution in [0.2, 0.25) is 0 Å². The van der Waals surface area contributed by atoms with Crippen LogP contribution in [0.25, 0.3) is 16.7 Å². The van der Waals surface area contributed by atoms with Crippen LogP contribution in [0.4, 0.5) is 0 Å². The van der Waals surface area contributed by atoms with Crippen LogP contribution in [0, 0.1) is 4.77 Å². The van der Waals surface area contributed by atoms with E-state index >= 15 is 0 Å². The number of hydrogen-bond donors (Lipinski definition) is 1. The van der Waals surface area contributed by atoms with Crippen LogP contribution in [0.5, 0.6) is 5.75 Å². The summed E-state index contributed by atoms with van der Waals surface area (Å²) in [6.07, 6.45) is 0.988. The Labute approximate surface area is 120 Å². The Kier molecular flexibility index (Phi) is 3.40. The van der Waals surface area contributed by atoms with Crippen molar-refractivity contribution in [1.29, 1.82) is 0 Å². The quantitative estimate of drug-likeness (QED) is 0.715. The van der Waals surface area contributed by atoms with E-state index in [9.17, 15) is 0 Å². The van der Waals surface area contributed by atoms with Gasteiger partial charge in [-0.05, 0) is 42.2 Å². The molecule has 2 aromatic heterocycles. The van der Waals surface area contributed by atoms with Crippen LogP contribution in [0.1, 0.15) is 13.3 Å². The molecule has 0 bridgehead atoms. The highest BCUT2D eigenvalue weighted by molar-refractivity contribution is 7.71. The van der Waals surface area contributed by atoms with Crippen LogP contribution in [-0.4, -0.2) is 16.2 Å². The van der Waals surface area contributed by atoms with Gasteiger partial charge < -0.3 is 9.72 Å². The van der Waals surface area contributed by atoms with Gasteiger partial charge in [0.2, 0.25) is 0 Å². The molecular weight excluding hydrogens is 276 g/mol. The summed E-state index contributed by atoms with van der Waals surface area (Å²) in [5.74, 6) is 0.861. The Hall–Kier alpha value is -1.59. The Morgan fingerprint density at radius 3 is 3.00 bits per heavy atom. The van der Waals surface area contributed by atoms with Crippen LogP contribution in [0.15, 0.2) is 35.0 Å². The molecule has 0 saturated heterocycles. The summed E-state index contributed by atoms with van der Waals surface area (Å²) in [6, 6.07) is 8.09. The van der Waals surface area contributed by atoms with E-state index in [1.807, 2.05) is 22.1 Å². The number of hydrogen-bond acceptors (Lipinski definition) is 3. The summed E-state index contributed by atoms with van der Waals surface area (Å²) in [5, 5.41) is 4.13. The second-order valence-corrected chi connectivity index (χ2v) is 5.41. The van der Waals surface area contributed by atoms with Crippen molar-refractivity contribution in [2.24, 2.45) is 0 Å². The number of aromatic amines is 1. The van der Waals surface area contributed by atoms with Gasteiger partial charge in [0.05, 0.1) is 17.8 Å². The summed E-state index contributed by atoms with van der Waals surface area (Å²) < 4.78 is 8.50. The maximum absolute atomic E-state index is 5.77. The van der Waals surface area contributed by atoms with Crippen molar-refractivity contribution in [2.75, 3.05) is 6.61 Å². The van der Waals surface area contributed by atoms with E-state index in [4.69, 9.17) is 17.0 Å². The highest BCUT2D eigenvalue weighted by Gasteiger charge is 2.10. The molecule has 3 aromatic rings. The monoisotopic (exact) mass is 290 g/mol. The van der Waals surface area contributed by atoms with Crippen LogP contribution in [0.3, 0.4) is 0 Å². The van der Waals surface area contributed by atoms with E-state index in [-0.39, 0.29) is 0 Å². The molecule has 2 heterocycles. The first-order chi connectivity index (χ1) is 9.31. The zero-order chi connectivity index (χ0) is 13.2. The number of aromatic nitrogens is 2. The van der Waals surface area contributed by atoms with Crippen molar-refractivity contribution >= 4 is 34.6 Å². The van der Waals surface area contributed by atoms with E-state index in [1.54, 1.807) is 11.3 Å². The number of H-pyrrole nitrogens is 1. The lowest BCUT2D eigenvalue weighted by Gasteiger charge is -2.06. The van der Waals surface area contributed by atoms with Crippen LogP contribution in [-0.2, 0) is 0 Å². The molecule has 0 atom stereocenters. The first-order valence-corrected chi connectivity index (χ1v) is 7.55. The lowest BCUT2D eigenvalue weighted by molar-refractivity contribution is 0.320. The molecule has 19 heavy (non-hydrogen) atoms. The molecule has 1 aromatic carbocycles. The number of rotatable bonds is 4. The molecule has 0 spiro atoms. The maximum Gasteiger partial charge on any atom is 0.182 e. The molecule has 0 aliphatic heterocycles. The molecule has 98 valence electrons. The molecule has 0 unspecified atom stereocenters. The minimum atomic E-state index is 0.695. The second-order valence-electron chi connectivity index (χ2n) is 4.25. The highest BCUT2D eigenvalue weighted by Crippen LogP contribution is 2.28. The summed E-state index contributed by atoms with van der Waals surface area (Å²) >= 11 is 7.09. The standard InChI is InChI=1S/C14H14N2OS2/c1-2-7-17-12-5-3-4-11-13(12)15-14(18)16(11)10-6-8-19-9-10/h3-6,8-9H,2,7H2,1H3,(H,15,18). The number of thiophene rings is 1. The number of ether oxygens (including phenoxy) is 1. The molecule has 0 aliphatic carbocycles. The summed E-state index contributed by atoms with van der Waals surface area (Å²) in [5.41, 5.74) is 3.11. The Morgan fingerprint density at radius 1 is 1.37 bits per heavy atom.